The minimum absolute atomic E-state index is 0.108. The number of carbonyl (C=O) groups is 1. The standard InChI is InChI=1S/C19H17ClN4O/c20-17-9-5-4-8-15(17)16-12-21-24-11-10-23(13-18(16)24)19(25)22-14-6-2-1-3-7-14/h1-9,12H,10-11,13H2,(H,22,25). The Bertz CT molecular complexity index is 907. The fourth-order valence-electron chi connectivity index (χ4n) is 3.05. The average Bonchev–Trinajstić information content (AvgIpc) is 3.06. The topological polar surface area (TPSA) is 50.2 Å². The van der Waals surface area contributed by atoms with Crippen LogP contribution in [0.3, 0.4) is 0 Å². The Hall–Kier alpha value is -2.79. The summed E-state index contributed by atoms with van der Waals surface area (Å²) < 4.78 is 1.95. The predicted octanol–water partition coefficient (Wildman–Crippen LogP) is 4.25. The second kappa shape index (κ2) is 6.61. The maximum absolute atomic E-state index is 12.6. The first-order chi connectivity index (χ1) is 12.2. The van der Waals surface area contributed by atoms with Gasteiger partial charge in [0.15, 0.2) is 0 Å². The molecule has 0 radical (unpaired) electrons. The van der Waals surface area contributed by atoms with Gasteiger partial charge in [-0.2, -0.15) is 5.10 Å². The first kappa shape index (κ1) is 15.7. The lowest BCUT2D eigenvalue weighted by atomic mass is 10.1. The van der Waals surface area contributed by atoms with Crippen molar-refractivity contribution in [1.82, 2.24) is 14.7 Å². The Morgan fingerprint density at radius 3 is 2.56 bits per heavy atom. The van der Waals surface area contributed by atoms with Crippen LogP contribution in [0.4, 0.5) is 10.5 Å². The van der Waals surface area contributed by atoms with E-state index in [0.717, 1.165) is 22.5 Å². The molecule has 126 valence electrons. The SMILES string of the molecule is O=C(Nc1ccccc1)N1CCn2ncc(-c3ccccc3Cl)c2C1. The first-order valence-electron chi connectivity index (χ1n) is 8.13. The van der Waals surface area contributed by atoms with Crippen molar-refractivity contribution in [2.24, 2.45) is 0 Å². The molecular weight excluding hydrogens is 336 g/mol. The molecule has 1 N–H and O–H groups in total. The number of urea groups is 1. The molecule has 0 spiro atoms. The maximum atomic E-state index is 12.6. The Morgan fingerprint density at radius 1 is 1.00 bits per heavy atom. The minimum atomic E-state index is -0.108. The van der Waals surface area contributed by atoms with Crippen LogP contribution < -0.4 is 5.32 Å². The number of aromatic nitrogens is 2. The van der Waals surface area contributed by atoms with Crippen LogP contribution in [0.5, 0.6) is 0 Å². The molecule has 1 aliphatic heterocycles. The summed E-state index contributed by atoms with van der Waals surface area (Å²) >= 11 is 6.33. The van der Waals surface area contributed by atoms with E-state index in [1.165, 1.54) is 0 Å². The van der Waals surface area contributed by atoms with Gasteiger partial charge in [-0.05, 0) is 18.2 Å². The highest BCUT2D eigenvalue weighted by atomic mass is 35.5. The van der Waals surface area contributed by atoms with Crippen molar-refractivity contribution in [1.29, 1.82) is 0 Å². The first-order valence-corrected chi connectivity index (χ1v) is 8.51. The number of carbonyl (C=O) groups excluding carboxylic acids is 1. The van der Waals surface area contributed by atoms with Gasteiger partial charge in [-0.3, -0.25) is 4.68 Å². The van der Waals surface area contributed by atoms with Crippen molar-refractivity contribution in [2.75, 3.05) is 11.9 Å². The van der Waals surface area contributed by atoms with Crippen LogP contribution in [0.25, 0.3) is 11.1 Å². The van der Waals surface area contributed by atoms with Crippen molar-refractivity contribution in [3.8, 4) is 11.1 Å². The lowest BCUT2D eigenvalue weighted by Crippen LogP contribution is -2.41. The quantitative estimate of drug-likeness (QED) is 0.749. The van der Waals surface area contributed by atoms with Crippen LogP contribution in [0.15, 0.2) is 60.8 Å². The van der Waals surface area contributed by atoms with E-state index >= 15 is 0 Å². The molecule has 0 fully saturated rings. The Labute approximate surface area is 150 Å². The van der Waals surface area contributed by atoms with Crippen molar-refractivity contribution < 1.29 is 4.79 Å². The van der Waals surface area contributed by atoms with Gasteiger partial charge in [-0.15, -0.1) is 0 Å². The smallest absolute Gasteiger partial charge is 0.317 e. The number of rotatable bonds is 2. The van der Waals surface area contributed by atoms with Crippen molar-refractivity contribution in [2.45, 2.75) is 13.1 Å². The zero-order valence-electron chi connectivity index (χ0n) is 13.5. The summed E-state index contributed by atoms with van der Waals surface area (Å²) in [5.41, 5.74) is 3.71. The van der Waals surface area contributed by atoms with E-state index in [2.05, 4.69) is 10.4 Å². The summed E-state index contributed by atoms with van der Waals surface area (Å²) in [6.45, 7) is 1.79. The molecule has 6 heteroatoms. The number of nitrogens with one attached hydrogen (secondary N) is 1. The van der Waals surface area contributed by atoms with Gasteiger partial charge < -0.3 is 10.2 Å². The van der Waals surface area contributed by atoms with Gasteiger partial charge >= 0.3 is 6.03 Å². The maximum Gasteiger partial charge on any atom is 0.322 e. The fraction of sp³-hybridized carbons (Fsp3) is 0.158. The largest absolute Gasteiger partial charge is 0.322 e. The molecule has 0 saturated carbocycles. The van der Waals surface area contributed by atoms with Gasteiger partial charge in [-0.1, -0.05) is 48.0 Å². The number of amides is 2. The van der Waals surface area contributed by atoms with Crippen LogP contribution >= 0.6 is 11.6 Å². The summed E-state index contributed by atoms with van der Waals surface area (Å²) in [7, 11) is 0. The predicted molar refractivity (Wildman–Crippen MR) is 98.5 cm³/mol. The van der Waals surface area contributed by atoms with Crippen molar-refractivity contribution in [3.05, 3.63) is 71.5 Å². The van der Waals surface area contributed by atoms with Gasteiger partial charge in [0.1, 0.15) is 0 Å². The second-order valence-electron chi connectivity index (χ2n) is 5.93. The molecule has 0 unspecified atom stereocenters. The van der Waals surface area contributed by atoms with E-state index in [4.69, 9.17) is 11.6 Å². The lowest BCUT2D eigenvalue weighted by molar-refractivity contribution is 0.194. The van der Waals surface area contributed by atoms with Crippen LogP contribution in [-0.4, -0.2) is 27.3 Å². The highest BCUT2D eigenvalue weighted by Gasteiger charge is 2.25. The fourth-order valence-corrected chi connectivity index (χ4v) is 3.28. The number of halogens is 1. The molecule has 1 aromatic heterocycles. The zero-order chi connectivity index (χ0) is 17.2. The number of benzene rings is 2. The molecule has 25 heavy (non-hydrogen) atoms. The van der Waals surface area contributed by atoms with Crippen molar-refractivity contribution in [3.63, 3.8) is 0 Å². The number of hydrogen-bond acceptors (Lipinski definition) is 2. The average molecular weight is 353 g/mol. The van der Waals surface area contributed by atoms with E-state index in [1.807, 2.05) is 65.5 Å². The van der Waals surface area contributed by atoms with E-state index in [1.54, 1.807) is 4.90 Å². The molecule has 1 aliphatic rings. The summed E-state index contributed by atoms with van der Waals surface area (Å²) in [4.78, 5) is 14.4. The van der Waals surface area contributed by atoms with Gasteiger partial charge in [0, 0.05) is 28.4 Å². The van der Waals surface area contributed by atoms with Crippen LogP contribution in [0, 0.1) is 0 Å². The zero-order valence-corrected chi connectivity index (χ0v) is 14.3. The molecular formula is C19H17ClN4O. The number of fused-ring (bicyclic) bond motifs is 1. The molecule has 0 saturated heterocycles. The number of anilines is 1. The summed E-state index contributed by atoms with van der Waals surface area (Å²) in [5.74, 6) is 0. The normalized spacial score (nSPS) is 13.4. The third kappa shape index (κ3) is 3.10. The third-order valence-corrected chi connectivity index (χ3v) is 4.68. The summed E-state index contributed by atoms with van der Waals surface area (Å²) in [5, 5.41) is 8.07. The Kier molecular flexibility index (Phi) is 4.15. The Morgan fingerprint density at radius 2 is 1.76 bits per heavy atom. The molecule has 4 rings (SSSR count). The lowest BCUT2D eigenvalue weighted by Gasteiger charge is -2.28. The van der Waals surface area contributed by atoms with Gasteiger partial charge in [-0.25, -0.2) is 4.79 Å². The van der Waals surface area contributed by atoms with Crippen LogP contribution in [0.2, 0.25) is 5.02 Å². The van der Waals surface area contributed by atoms with Crippen LogP contribution in [0.1, 0.15) is 5.69 Å². The van der Waals surface area contributed by atoms with E-state index in [9.17, 15) is 4.79 Å². The van der Waals surface area contributed by atoms with Gasteiger partial charge in [0.25, 0.3) is 0 Å². The number of nitrogens with zero attached hydrogens (tertiary/aromatic N) is 3. The molecule has 0 atom stereocenters. The number of hydrogen-bond donors (Lipinski definition) is 1. The van der Waals surface area contributed by atoms with Gasteiger partial charge in [0.05, 0.1) is 25.0 Å². The molecule has 2 heterocycles. The minimum Gasteiger partial charge on any atom is -0.317 e. The third-order valence-electron chi connectivity index (χ3n) is 4.35. The summed E-state index contributed by atoms with van der Waals surface area (Å²) in [6.07, 6.45) is 1.83. The van der Waals surface area contributed by atoms with Crippen molar-refractivity contribution >= 4 is 23.3 Å². The molecule has 0 aliphatic carbocycles. The summed E-state index contributed by atoms with van der Waals surface area (Å²) in [6, 6.07) is 17.1. The van der Waals surface area contributed by atoms with E-state index in [0.29, 0.717) is 24.7 Å². The molecule has 2 amide bonds. The Balaban J connectivity index is 1.58. The molecule has 3 aromatic rings. The highest BCUT2D eigenvalue weighted by Crippen LogP contribution is 2.32. The van der Waals surface area contributed by atoms with Crippen LogP contribution in [-0.2, 0) is 13.1 Å². The molecule has 2 aromatic carbocycles. The molecule has 5 nitrogen and oxygen atoms in total. The second-order valence-corrected chi connectivity index (χ2v) is 6.33. The monoisotopic (exact) mass is 352 g/mol. The van der Waals surface area contributed by atoms with Gasteiger partial charge in [0.2, 0.25) is 0 Å². The molecule has 0 bridgehead atoms. The van der Waals surface area contributed by atoms with E-state index < -0.39 is 0 Å². The van der Waals surface area contributed by atoms with E-state index in [-0.39, 0.29) is 6.03 Å². The highest BCUT2D eigenvalue weighted by molar-refractivity contribution is 6.33. The number of para-hydroxylation sites is 1.